The fraction of sp³-hybridized carbons (Fsp3) is 0.455. The standard InChI is InChI=1S/C11H16N2/c1-8-5-9-7-13(2)4-3-10(9)11(12)6-8/h5-6H,3-4,7,12H2,1-2H3. The van der Waals surface area contributed by atoms with Gasteiger partial charge in [0.2, 0.25) is 0 Å². The molecule has 0 amide bonds. The lowest BCUT2D eigenvalue weighted by molar-refractivity contribution is 0.313. The Morgan fingerprint density at radius 1 is 1.38 bits per heavy atom. The molecule has 0 aliphatic carbocycles. The third-order valence-corrected chi connectivity index (χ3v) is 2.70. The maximum atomic E-state index is 5.97. The van der Waals surface area contributed by atoms with E-state index < -0.39 is 0 Å². The lowest BCUT2D eigenvalue weighted by Crippen LogP contribution is -2.27. The quantitative estimate of drug-likeness (QED) is 0.608. The van der Waals surface area contributed by atoms with Crippen LogP contribution in [0.15, 0.2) is 12.1 Å². The molecule has 0 saturated carbocycles. The van der Waals surface area contributed by atoms with Gasteiger partial charge in [0, 0.05) is 18.8 Å². The molecule has 70 valence electrons. The minimum atomic E-state index is 0.975. The van der Waals surface area contributed by atoms with Crippen molar-refractivity contribution < 1.29 is 0 Å². The summed E-state index contributed by atoms with van der Waals surface area (Å²) in [6.45, 7) is 4.27. The van der Waals surface area contributed by atoms with Gasteiger partial charge in [-0.3, -0.25) is 0 Å². The van der Waals surface area contributed by atoms with Crippen molar-refractivity contribution in [1.29, 1.82) is 0 Å². The Bertz CT molecular complexity index is 331. The van der Waals surface area contributed by atoms with E-state index in [1.807, 2.05) is 0 Å². The molecule has 0 aromatic heterocycles. The second-order valence-corrected chi connectivity index (χ2v) is 3.98. The molecule has 1 aromatic rings. The summed E-state index contributed by atoms with van der Waals surface area (Å²) in [5.74, 6) is 0. The molecule has 1 aliphatic heterocycles. The summed E-state index contributed by atoms with van der Waals surface area (Å²) in [7, 11) is 2.15. The highest BCUT2D eigenvalue weighted by Crippen LogP contribution is 2.24. The summed E-state index contributed by atoms with van der Waals surface area (Å²) in [6, 6.07) is 4.32. The van der Waals surface area contributed by atoms with E-state index in [0.29, 0.717) is 0 Å². The van der Waals surface area contributed by atoms with Gasteiger partial charge >= 0.3 is 0 Å². The number of likely N-dealkylation sites (N-methyl/N-ethyl adjacent to an activating group) is 1. The maximum absolute atomic E-state index is 5.97. The summed E-state index contributed by atoms with van der Waals surface area (Å²) in [5, 5.41) is 0. The van der Waals surface area contributed by atoms with Crippen molar-refractivity contribution >= 4 is 5.69 Å². The van der Waals surface area contributed by atoms with Crippen molar-refractivity contribution in [3.8, 4) is 0 Å². The fourth-order valence-corrected chi connectivity index (χ4v) is 2.04. The number of benzene rings is 1. The first-order valence-corrected chi connectivity index (χ1v) is 4.73. The zero-order valence-electron chi connectivity index (χ0n) is 8.30. The molecular weight excluding hydrogens is 160 g/mol. The van der Waals surface area contributed by atoms with Crippen LogP contribution in [0.3, 0.4) is 0 Å². The first kappa shape index (κ1) is 8.57. The number of fused-ring (bicyclic) bond motifs is 1. The molecule has 0 bridgehead atoms. The van der Waals surface area contributed by atoms with Crippen LogP contribution in [0.5, 0.6) is 0 Å². The first-order chi connectivity index (χ1) is 6.16. The molecule has 1 heterocycles. The number of rotatable bonds is 0. The lowest BCUT2D eigenvalue weighted by atomic mass is 9.96. The van der Waals surface area contributed by atoms with Crippen LogP contribution in [0.4, 0.5) is 5.69 Å². The molecule has 0 atom stereocenters. The third-order valence-electron chi connectivity index (χ3n) is 2.70. The minimum Gasteiger partial charge on any atom is -0.398 e. The molecule has 1 aromatic carbocycles. The van der Waals surface area contributed by atoms with E-state index >= 15 is 0 Å². The summed E-state index contributed by atoms with van der Waals surface area (Å²) in [4.78, 5) is 2.33. The zero-order valence-corrected chi connectivity index (χ0v) is 8.30. The summed E-state index contributed by atoms with van der Waals surface area (Å²) in [6.07, 6.45) is 1.10. The number of nitrogens with zero attached hydrogens (tertiary/aromatic N) is 1. The molecule has 13 heavy (non-hydrogen) atoms. The van der Waals surface area contributed by atoms with Gasteiger partial charge in [-0.15, -0.1) is 0 Å². The number of anilines is 1. The SMILES string of the molecule is Cc1cc(N)c2c(c1)CN(C)CC2. The predicted octanol–water partition coefficient (Wildman–Crippen LogP) is 1.57. The Kier molecular flexibility index (Phi) is 2.00. The molecule has 0 saturated heterocycles. The van der Waals surface area contributed by atoms with Crippen LogP contribution >= 0.6 is 0 Å². The van der Waals surface area contributed by atoms with Crippen LogP contribution in [0, 0.1) is 6.92 Å². The maximum Gasteiger partial charge on any atom is 0.0352 e. The van der Waals surface area contributed by atoms with Gasteiger partial charge in [0.1, 0.15) is 0 Å². The van der Waals surface area contributed by atoms with Gasteiger partial charge in [0.05, 0.1) is 0 Å². The minimum absolute atomic E-state index is 0.975. The number of aryl methyl sites for hydroxylation is 1. The van der Waals surface area contributed by atoms with Crippen molar-refractivity contribution in [3.63, 3.8) is 0 Å². The first-order valence-electron chi connectivity index (χ1n) is 4.73. The van der Waals surface area contributed by atoms with E-state index in [4.69, 9.17) is 5.73 Å². The lowest BCUT2D eigenvalue weighted by Gasteiger charge is -2.26. The molecular formula is C11H16N2. The molecule has 2 rings (SSSR count). The number of nitrogen functional groups attached to an aromatic ring is 1. The largest absolute Gasteiger partial charge is 0.398 e. The number of hydrogen-bond donors (Lipinski definition) is 1. The second kappa shape index (κ2) is 3.04. The Labute approximate surface area is 79.4 Å². The van der Waals surface area contributed by atoms with Crippen molar-refractivity contribution in [2.75, 3.05) is 19.3 Å². The number of nitrogens with two attached hydrogens (primary N) is 1. The van der Waals surface area contributed by atoms with Crippen molar-refractivity contribution in [1.82, 2.24) is 4.90 Å². The Balaban J connectivity index is 2.47. The normalized spacial score (nSPS) is 17.1. The average Bonchev–Trinajstić information content (AvgIpc) is 2.02. The van der Waals surface area contributed by atoms with Crippen LogP contribution in [0.1, 0.15) is 16.7 Å². The number of hydrogen-bond acceptors (Lipinski definition) is 2. The molecule has 1 aliphatic rings. The highest BCUT2D eigenvalue weighted by atomic mass is 15.1. The van der Waals surface area contributed by atoms with Crippen LogP contribution in [0.2, 0.25) is 0 Å². The molecule has 2 nitrogen and oxygen atoms in total. The van der Waals surface area contributed by atoms with Gasteiger partial charge in [-0.2, -0.15) is 0 Å². The van der Waals surface area contributed by atoms with Crippen molar-refractivity contribution in [2.45, 2.75) is 19.9 Å². The van der Waals surface area contributed by atoms with Crippen LogP contribution in [-0.2, 0) is 13.0 Å². The van der Waals surface area contributed by atoms with Gasteiger partial charge in [0.15, 0.2) is 0 Å². The van der Waals surface area contributed by atoms with Gasteiger partial charge in [0.25, 0.3) is 0 Å². The van der Waals surface area contributed by atoms with E-state index in [-0.39, 0.29) is 0 Å². The van der Waals surface area contributed by atoms with E-state index in [1.54, 1.807) is 0 Å². The molecule has 0 unspecified atom stereocenters. The van der Waals surface area contributed by atoms with E-state index in [0.717, 1.165) is 25.2 Å². The summed E-state index contributed by atoms with van der Waals surface area (Å²) >= 11 is 0. The Morgan fingerprint density at radius 3 is 2.92 bits per heavy atom. The van der Waals surface area contributed by atoms with Crippen molar-refractivity contribution in [3.05, 3.63) is 28.8 Å². The van der Waals surface area contributed by atoms with Gasteiger partial charge in [-0.1, -0.05) is 6.07 Å². The Hall–Kier alpha value is -1.02. The summed E-state index contributed by atoms with van der Waals surface area (Å²) in [5.41, 5.74) is 11.0. The van der Waals surface area contributed by atoms with Gasteiger partial charge < -0.3 is 10.6 Å². The summed E-state index contributed by atoms with van der Waals surface area (Å²) < 4.78 is 0. The third kappa shape index (κ3) is 1.54. The van der Waals surface area contributed by atoms with E-state index in [1.165, 1.54) is 16.7 Å². The topological polar surface area (TPSA) is 29.3 Å². The fourth-order valence-electron chi connectivity index (χ4n) is 2.04. The Morgan fingerprint density at radius 2 is 2.15 bits per heavy atom. The molecule has 0 spiro atoms. The highest BCUT2D eigenvalue weighted by Gasteiger charge is 2.15. The molecule has 2 heteroatoms. The van der Waals surface area contributed by atoms with Gasteiger partial charge in [-0.05, 0) is 43.1 Å². The molecule has 0 fully saturated rings. The monoisotopic (exact) mass is 176 g/mol. The smallest absolute Gasteiger partial charge is 0.0352 e. The van der Waals surface area contributed by atoms with Crippen LogP contribution < -0.4 is 5.73 Å². The average molecular weight is 176 g/mol. The van der Waals surface area contributed by atoms with Crippen LogP contribution in [-0.4, -0.2) is 18.5 Å². The zero-order chi connectivity index (χ0) is 9.42. The second-order valence-electron chi connectivity index (χ2n) is 3.98. The van der Waals surface area contributed by atoms with E-state index in [9.17, 15) is 0 Å². The molecule has 0 radical (unpaired) electrons. The van der Waals surface area contributed by atoms with Crippen LogP contribution in [0.25, 0.3) is 0 Å². The van der Waals surface area contributed by atoms with Gasteiger partial charge in [-0.25, -0.2) is 0 Å². The highest BCUT2D eigenvalue weighted by molar-refractivity contribution is 5.54. The van der Waals surface area contributed by atoms with E-state index in [2.05, 4.69) is 31.0 Å². The van der Waals surface area contributed by atoms with Crippen molar-refractivity contribution in [2.24, 2.45) is 0 Å². The molecule has 2 N–H and O–H groups in total. The predicted molar refractivity (Wildman–Crippen MR) is 55.6 cm³/mol.